The highest BCUT2D eigenvalue weighted by Crippen LogP contribution is 2.24. The van der Waals surface area contributed by atoms with Crippen LogP contribution >= 0.6 is 0 Å². The standard InChI is InChI=1S/C16H23NO2/c1-12-3-7-14(11-12)17-16(18)10-6-13-4-8-15(19-2)9-5-13/h4-5,8-9,12,14H,3,6-7,10-11H2,1-2H3,(H,17,18). The van der Waals surface area contributed by atoms with Gasteiger partial charge in [0.05, 0.1) is 7.11 Å². The molecule has 0 radical (unpaired) electrons. The zero-order valence-electron chi connectivity index (χ0n) is 11.8. The smallest absolute Gasteiger partial charge is 0.220 e. The van der Waals surface area contributed by atoms with E-state index in [0.717, 1.165) is 30.9 Å². The van der Waals surface area contributed by atoms with E-state index in [9.17, 15) is 4.79 Å². The van der Waals surface area contributed by atoms with Crippen LogP contribution in [-0.4, -0.2) is 19.1 Å². The number of aryl methyl sites for hydroxylation is 1. The summed E-state index contributed by atoms with van der Waals surface area (Å²) in [6.07, 6.45) is 4.86. The number of benzene rings is 1. The number of ether oxygens (including phenoxy) is 1. The van der Waals surface area contributed by atoms with Gasteiger partial charge in [0.1, 0.15) is 5.75 Å². The predicted octanol–water partition coefficient (Wildman–Crippen LogP) is 2.93. The lowest BCUT2D eigenvalue weighted by molar-refractivity contribution is -0.121. The van der Waals surface area contributed by atoms with Crippen molar-refractivity contribution in [2.45, 2.75) is 45.1 Å². The van der Waals surface area contributed by atoms with Crippen molar-refractivity contribution in [3.05, 3.63) is 29.8 Å². The molecule has 3 nitrogen and oxygen atoms in total. The van der Waals surface area contributed by atoms with E-state index in [1.54, 1.807) is 7.11 Å². The fourth-order valence-electron chi connectivity index (χ4n) is 2.69. The third-order valence-electron chi connectivity index (χ3n) is 3.86. The fourth-order valence-corrected chi connectivity index (χ4v) is 2.69. The van der Waals surface area contributed by atoms with Crippen molar-refractivity contribution in [1.29, 1.82) is 0 Å². The van der Waals surface area contributed by atoms with Gasteiger partial charge < -0.3 is 10.1 Å². The van der Waals surface area contributed by atoms with Crippen LogP contribution in [0, 0.1) is 5.92 Å². The quantitative estimate of drug-likeness (QED) is 0.885. The molecular formula is C16H23NO2. The molecule has 0 spiro atoms. The zero-order chi connectivity index (χ0) is 13.7. The number of carbonyl (C=O) groups excluding carboxylic acids is 1. The van der Waals surface area contributed by atoms with Crippen LogP contribution in [0.1, 0.15) is 38.2 Å². The summed E-state index contributed by atoms with van der Waals surface area (Å²) < 4.78 is 5.11. The minimum absolute atomic E-state index is 0.176. The maximum absolute atomic E-state index is 11.9. The molecule has 0 bridgehead atoms. The Morgan fingerprint density at radius 3 is 2.63 bits per heavy atom. The van der Waals surface area contributed by atoms with Gasteiger partial charge in [-0.1, -0.05) is 19.1 Å². The summed E-state index contributed by atoms with van der Waals surface area (Å²) >= 11 is 0. The first kappa shape index (κ1) is 13.9. The molecule has 1 aromatic carbocycles. The van der Waals surface area contributed by atoms with E-state index in [2.05, 4.69) is 12.2 Å². The number of rotatable bonds is 5. The van der Waals surface area contributed by atoms with Crippen molar-refractivity contribution in [2.24, 2.45) is 5.92 Å². The van der Waals surface area contributed by atoms with Crippen LogP contribution in [0.4, 0.5) is 0 Å². The number of hydrogen-bond donors (Lipinski definition) is 1. The summed E-state index contributed by atoms with van der Waals surface area (Å²) in [5, 5.41) is 3.14. The topological polar surface area (TPSA) is 38.3 Å². The second-order valence-corrected chi connectivity index (χ2v) is 5.53. The molecule has 0 aliphatic heterocycles. The average Bonchev–Trinajstić information content (AvgIpc) is 2.82. The Bertz CT molecular complexity index is 413. The Hall–Kier alpha value is -1.51. The molecule has 1 aliphatic rings. The van der Waals surface area contributed by atoms with Gasteiger partial charge in [-0.05, 0) is 49.3 Å². The van der Waals surface area contributed by atoms with E-state index in [1.165, 1.54) is 12.0 Å². The van der Waals surface area contributed by atoms with Crippen molar-refractivity contribution in [2.75, 3.05) is 7.11 Å². The number of nitrogens with one attached hydrogen (secondary N) is 1. The van der Waals surface area contributed by atoms with E-state index >= 15 is 0 Å². The Kier molecular flexibility index (Phi) is 4.83. The van der Waals surface area contributed by atoms with E-state index in [0.29, 0.717) is 12.5 Å². The van der Waals surface area contributed by atoms with Crippen molar-refractivity contribution in [1.82, 2.24) is 5.32 Å². The average molecular weight is 261 g/mol. The summed E-state index contributed by atoms with van der Waals surface area (Å²) in [6, 6.07) is 8.31. The van der Waals surface area contributed by atoms with E-state index in [-0.39, 0.29) is 5.91 Å². The van der Waals surface area contributed by atoms with Crippen molar-refractivity contribution < 1.29 is 9.53 Å². The number of methoxy groups -OCH3 is 1. The second kappa shape index (κ2) is 6.60. The molecule has 1 fully saturated rings. The monoisotopic (exact) mass is 261 g/mol. The lowest BCUT2D eigenvalue weighted by Gasteiger charge is -2.12. The third-order valence-corrected chi connectivity index (χ3v) is 3.86. The van der Waals surface area contributed by atoms with E-state index in [1.807, 2.05) is 24.3 Å². The van der Waals surface area contributed by atoms with Gasteiger partial charge in [0.2, 0.25) is 5.91 Å². The highest BCUT2D eigenvalue weighted by Gasteiger charge is 2.22. The Labute approximate surface area is 115 Å². The summed E-state index contributed by atoms with van der Waals surface area (Å²) in [5.41, 5.74) is 1.18. The molecule has 2 rings (SSSR count). The van der Waals surface area contributed by atoms with Crippen molar-refractivity contribution in [3.8, 4) is 5.75 Å². The number of hydrogen-bond acceptors (Lipinski definition) is 2. The predicted molar refractivity (Wildman–Crippen MR) is 76.3 cm³/mol. The van der Waals surface area contributed by atoms with Crippen molar-refractivity contribution in [3.63, 3.8) is 0 Å². The maximum atomic E-state index is 11.9. The SMILES string of the molecule is COc1ccc(CCC(=O)NC2CCC(C)C2)cc1. The van der Waals surface area contributed by atoms with Gasteiger partial charge >= 0.3 is 0 Å². The van der Waals surface area contributed by atoms with Crippen LogP contribution < -0.4 is 10.1 Å². The van der Waals surface area contributed by atoms with Crippen LogP contribution in [0.5, 0.6) is 5.75 Å². The summed E-state index contributed by atoms with van der Waals surface area (Å²) in [6.45, 7) is 2.25. The molecule has 19 heavy (non-hydrogen) atoms. The first-order chi connectivity index (χ1) is 9.17. The van der Waals surface area contributed by atoms with E-state index < -0.39 is 0 Å². The van der Waals surface area contributed by atoms with Crippen molar-refractivity contribution >= 4 is 5.91 Å². The highest BCUT2D eigenvalue weighted by molar-refractivity contribution is 5.76. The summed E-state index contributed by atoms with van der Waals surface area (Å²) in [5.74, 6) is 1.79. The second-order valence-electron chi connectivity index (χ2n) is 5.53. The molecule has 3 heteroatoms. The molecule has 0 aromatic heterocycles. The molecule has 0 saturated heterocycles. The van der Waals surface area contributed by atoms with Gasteiger partial charge in [-0.2, -0.15) is 0 Å². The van der Waals surface area contributed by atoms with Gasteiger partial charge in [-0.25, -0.2) is 0 Å². The molecule has 1 N–H and O–H groups in total. The van der Waals surface area contributed by atoms with Gasteiger partial charge in [-0.3, -0.25) is 4.79 Å². The molecule has 1 aliphatic carbocycles. The van der Waals surface area contributed by atoms with Gasteiger partial charge in [0.15, 0.2) is 0 Å². The van der Waals surface area contributed by atoms with Crippen LogP contribution in [0.2, 0.25) is 0 Å². The molecule has 0 heterocycles. The van der Waals surface area contributed by atoms with E-state index in [4.69, 9.17) is 4.74 Å². The molecule has 2 atom stereocenters. The Morgan fingerprint density at radius 2 is 2.05 bits per heavy atom. The first-order valence-electron chi connectivity index (χ1n) is 7.09. The van der Waals surface area contributed by atoms with Crippen LogP contribution in [0.25, 0.3) is 0 Å². The largest absolute Gasteiger partial charge is 0.497 e. The zero-order valence-corrected chi connectivity index (χ0v) is 11.8. The lowest BCUT2D eigenvalue weighted by Crippen LogP contribution is -2.32. The molecule has 1 saturated carbocycles. The van der Waals surface area contributed by atoms with Crippen LogP contribution in [0.3, 0.4) is 0 Å². The third kappa shape index (κ3) is 4.27. The van der Waals surface area contributed by atoms with Gasteiger partial charge in [0, 0.05) is 12.5 Å². The summed E-state index contributed by atoms with van der Waals surface area (Å²) in [7, 11) is 1.66. The number of amides is 1. The molecular weight excluding hydrogens is 238 g/mol. The van der Waals surface area contributed by atoms with Gasteiger partial charge in [0.25, 0.3) is 0 Å². The molecule has 104 valence electrons. The highest BCUT2D eigenvalue weighted by atomic mass is 16.5. The minimum atomic E-state index is 0.176. The normalized spacial score (nSPS) is 22.2. The molecule has 1 aromatic rings. The Morgan fingerprint density at radius 1 is 1.32 bits per heavy atom. The number of carbonyl (C=O) groups is 1. The summed E-state index contributed by atoms with van der Waals surface area (Å²) in [4.78, 5) is 11.9. The lowest BCUT2D eigenvalue weighted by atomic mass is 10.1. The molecule has 1 amide bonds. The first-order valence-corrected chi connectivity index (χ1v) is 7.09. The molecule has 2 unspecified atom stereocenters. The van der Waals surface area contributed by atoms with Crippen LogP contribution in [-0.2, 0) is 11.2 Å². The van der Waals surface area contributed by atoms with Gasteiger partial charge in [-0.15, -0.1) is 0 Å². The maximum Gasteiger partial charge on any atom is 0.220 e. The Balaban J connectivity index is 1.73. The van der Waals surface area contributed by atoms with Crippen LogP contribution in [0.15, 0.2) is 24.3 Å². The minimum Gasteiger partial charge on any atom is -0.497 e. The fraction of sp³-hybridized carbons (Fsp3) is 0.562.